The minimum atomic E-state index is -0.681. The molecule has 0 spiro atoms. The van der Waals surface area contributed by atoms with E-state index < -0.39 is 5.41 Å². The first-order chi connectivity index (χ1) is 7.55. The Morgan fingerprint density at radius 2 is 2.25 bits per heavy atom. The van der Waals surface area contributed by atoms with E-state index >= 15 is 0 Å². The molecule has 1 amide bonds. The molecule has 1 rings (SSSR count). The van der Waals surface area contributed by atoms with E-state index in [9.17, 15) is 4.79 Å². The van der Waals surface area contributed by atoms with Crippen molar-refractivity contribution in [2.75, 3.05) is 5.32 Å². The van der Waals surface area contributed by atoms with Gasteiger partial charge in [-0.3, -0.25) is 4.79 Å². The normalized spacial score (nSPS) is 10.6. The second-order valence-electron chi connectivity index (χ2n) is 4.04. The Morgan fingerprint density at radius 3 is 2.75 bits per heavy atom. The lowest BCUT2D eigenvalue weighted by molar-refractivity contribution is -0.105. The van der Waals surface area contributed by atoms with Gasteiger partial charge in [0.25, 0.3) is 0 Å². The fraction of sp³-hybridized carbons (Fsp3) is 0.333. The van der Waals surface area contributed by atoms with E-state index in [1.54, 1.807) is 32.0 Å². The van der Waals surface area contributed by atoms with Crippen LogP contribution in [0.25, 0.3) is 0 Å². The summed E-state index contributed by atoms with van der Waals surface area (Å²) in [5, 5.41) is 20.6. The fourth-order valence-electron chi connectivity index (χ4n) is 1.48. The van der Waals surface area contributed by atoms with Gasteiger partial charge in [0.15, 0.2) is 0 Å². The predicted octanol–water partition coefficient (Wildman–Crippen LogP) is 1.55. The van der Waals surface area contributed by atoms with Crippen LogP contribution in [0.1, 0.15) is 25.0 Å². The highest BCUT2D eigenvalue weighted by atomic mass is 16.3. The number of carbonyl (C=O) groups is 1. The Bertz CT molecular complexity index is 433. The second-order valence-corrected chi connectivity index (χ2v) is 4.04. The molecule has 16 heavy (non-hydrogen) atoms. The quantitative estimate of drug-likeness (QED) is 0.753. The van der Waals surface area contributed by atoms with E-state index in [2.05, 4.69) is 11.4 Å². The minimum Gasteiger partial charge on any atom is -0.392 e. The zero-order valence-corrected chi connectivity index (χ0v) is 9.32. The van der Waals surface area contributed by atoms with Gasteiger partial charge >= 0.3 is 0 Å². The van der Waals surface area contributed by atoms with Crippen molar-refractivity contribution >= 4 is 12.1 Å². The van der Waals surface area contributed by atoms with E-state index in [0.717, 1.165) is 5.56 Å². The van der Waals surface area contributed by atoms with Crippen molar-refractivity contribution in [1.29, 1.82) is 5.26 Å². The van der Waals surface area contributed by atoms with Gasteiger partial charge in [-0.15, -0.1) is 0 Å². The van der Waals surface area contributed by atoms with Crippen molar-refractivity contribution in [1.82, 2.24) is 0 Å². The van der Waals surface area contributed by atoms with Gasteiger partial charge in [0.1, 0.15) is 0 Å². The van der Waals surface area contributed by atoms with Crippen molar-refractivity contribution in [2.24, 2.45) is 0 Å². The largest absolute Gasteiger partial charge is 0.392 e. The lowest BCUT2D eigenvalue weighted by atomic mass is 9.84. The minimum absolute atomic E-state index is 0.0964. The number of hydrogen-bond donors (Lipinski definition) is 2. The van der Waals surface area contributed by atoms with E-state index in [4.69, 9.17) is 10.4 Å². The molecule has 1 aromatic carbocycles. The molecule has 0 aromatic heterocycles. The van der Waals surface area contributed by atoms with Crippen LogP contribution in [-0.2, 0) is 16.8 Å². The third kappa shape index (κ3) is 2.38. The van der Waals surface area contributed by atoms with Crippen LogP contribution in [0.5, 0.6) is 0 Å². The number of nitriles is 1. The number of amides is 1. The van der Waals surface area contributed by atoms with Crippen molar-refractivity contribution in [3.05, 3.63) is 29.3 Å². The van der Waals surface area contributed by atoms with Crippen LogP contribution in [0.2, 0.25) is 0 Å². The van der Waals surface area contributed by atoms with Crippen LogP contribution in [0.4, 0.5) is 5.69 Å². The number of carbonyl (C=O) groups excluding carboxylic acids is 1. The molecule has 0 aliphatic rings. The molecule has 4 nitrogen and oxygen atoms in total. The van der Waals surface area contributed by atoms with Gasteiger partial charge in [0, 0.05) is 5.69 Å². The summed E-state index contributed by atoms with van der Waals surface area (Å²) in [5.74, 6) is 0. The van der Waals surface area contributed by atoms with Crippen LogP contribution in [0, 0.1) is 11.3 Å². The number of aliphatic hydroxyl groups is 1. The van der Waals surface area contributed by atoms with Gasteiger partial charge in [-0.1, -0.05) is 12.1 Å². The molecule has 0 saturated carbocycles. The highest BCUT2D eigenvalue weighted by Crippen LogP contribution is 2.30. The summed E-state index contributed by atoms with van der Waals surface area (Å²) in [6.07, 6.45) is 0.563. The molecule has 0 heterocycles. The van der Waals surface area contributed by atoms with E-state index in [0.29, 0.717) is 17.7 Å². The molecule has 0 unspecified atom stereocenters. The lowest BCUT2D eigenvalue weighted by Gasteiger charge is -2.20. The van der Waals surface area contributed by atoms with Crippen LogP contribution in [0.3, 0.4) is 0 Å². The maximum Gasteiger partial charge on any atom is 0.211 e. The average Bonchev–Trinajstić information content (AvgIpc) is 2.29. The maximum absolute atomic E-state index is 10.5. The molecular formula is C12H14N2O2. The number of rotatable bonds is 4. The smallest absolute Gasteiger partial charge is 0.211 e. The number of nitrogens with zero attached hydrogens (tertiary/aromatic N) is 1. The molecule has 4 heteroatoms. The Morgan fingerprint density at radius 1 is 1.56 bits per heavy atom. The zero-order valence-electron chi connectivity index (χ0n) is 9.32. The van der Waals surface area contributed by atoms with Crippen molar-refractivity contribution in [3.8, 4) is 6.07 Å². The standard InChI is InChI=1S/C12H14N2O2/c1-12(2,7-13)10-4-3-9(6-15)5-11(10)14-8-16/h3-5,8,15H,6H2,1-2H3,(H,14,16). The molecule has 0 atom stereocenters. The predicted molar refractivity (Wildman–Crippen MR) is 60.7 cm³/mol. The van der Waals surface area contributed by atoms with E-state index in [-0.39, 0.29) is 6.61 Å². The van der Waals surface area contributed by atoms with Crippen molar-refractivity contribution in [3.63, 3.8) is 0 Å². The number of aliphatic hydroxyl groups excluding tert-OH is 1. The third-order valence-electron chi connectivity index (χ3n) is 2.43. The monoisotopic (exact) mass is 218 g/mol. The van der Waals surface area contributed by atoms with Gasteiger partial charge in [0.05, 0.1) is 18.1 Å². The molecule has 0 saturated heterocycles. The summed E-state index contributed by atoms with van der Waals surface area (Å²) in [5.41, 5.74) is 1.31. The first-order valence-electron chi connectivity index (χ1n) is 4.91. The Balaban J connectivity index is 3.29. The Hall–Kier alpha value is -1.86. The highest BCUT2D eigenvalue weighted by molar-refractivity contribution is 5.75. The lowest BCUT2D eigenvalue weighted by Crippen LogP contribution is -2.17. The average molecular weight is 218 g/mol. The summed E-state index contributed by atoms with van der Waals surface area (Å²) in [6, 6.07) is 7.34. The van der Waals surface area contributed by atoms with Gasteiger partial charge < -0.3 is 10.4 Å². The maximum atomic E-state index is 10.5. The molecule has 0 aliphatic heterocycles. The Kier molecular flexibility index (Phi) is 3.64. The fourth-order valence-corrected chi connectivity index (χ4v) is 1.48. The molecule has 2 N–H and O–H groups in total. The van der Waals surface area contributed by atoms with E-state index in [1.807, 2.05) is 0 Å². The van der Waals surface area contributed by atoms with Gasteiger partial charge in [0.2, 0.25) is 6.41 Å². The third-order valence-corrected chi connectivity index (χ3v) is 2.43. The van der Waals surface area contributed by atoms with Crippen LogP contribution >= 0.6 is 0 Å². The first kappa shape index (κ1) is 12.2. The van der Waals surface area contributed by atoms with E-state index in [1.165, 1.54) is 0 Å². The molecule has 1 aromatic rings. The molecule has 0 bridgehead atoms. The highest BCUT2D eigenvalue weighted by Gasteiger charge is 2.23. The van der Waals surface area contributed by atoms with Gasteiger partial charge in [-0.05, 0) is 31.0 Å². The SMILES string of the molecule is CC(C)(C#N)c1ccc(CO)cc1NC=O. The number of anilines is 1. The molecule has 84 valence electrons. The van der Waals surface area contributed by atoms with Crippen molar-refractivity contribution < 1.29 is 9.90 Å². The second kappa shape index (κ2) is 4.77. The van der Waals surface area contributed by atoms with Crippen LogP contribution < -0.4 is 5.32 Å². The number of nitrogens with one attached hydrogen (secondary N) is 1. The molecular weight excluding hydrogens is 204 g/mol. The van der Waals surface area contributed by atoms with Crippen LogP contribution in [-0.4, -0.2) is 11.5 Å². The molecule has 0 radical (unpaired) electrons. The first-order valence-corrected chi connectivity index (χ1v) is 4.91. The van der Waals surface area contributed by atoms with Gasteiger partial charge in [-0.25, -0.2) is 0 Å². The summed E-state index contributed by atoms with van der Waals surface area (Å²) < 4.78 is 0. The summed E-state index contributed by atoms with van der Waals surface area (Å²) in [6.45, 7) is 3.45. The van der Waals surface area contributed by atoms with Crippen LogP contribution in [0.15, 0.2) is 18.2 Å². The summed E-state index contributed by atoms with van der Waals surface area (Å²) in [7, 11) is 0. The number of hydrogen-bond acceptors (Lipinski definition) is 3. The molecule has 0 aliphatic carbocycles. The Labute approximate surface area is 94.5 Å². The summed E-state index contributed by atoms with van der Waals surface area (Å²) in [4.78, 5) is 10.5. The summed E-state index contributed by atoms with van der Waals surface area (Å²) >= 11 is 0. The molecule has 0 fully saturated rings. The zero-order chi connectivity index (χ0) is 12.2. The van der Waals surface area contributed by atoms with Gasteiger partial charge in [-0.2, -0.15) is 5.26 Å². The number of benzene rings is 1. The van der Waals surface area contributed by atoms with Crippen molar-refractivity contribution in [2.45, 2.75) is 25.9 Å². The topological polar surface area (TPSA) is 73.1 Å².